The Kier molecular flexibility index (Phi) is 3.54. The highest BCUT2D eigenvalue weighted by Crippen LogP contribution is 2.26. The maximum absolute atomic E-state index is 12.2. The first-order chi connectivity index (χ1) is 9.70. The zero-order valence-electron chi connectivity index (χ0n) is 11.4. The van der Waals surface area contributed by atoms with Gasteiger partial charge in [0.2, 0.25) is 0 Å². The number of fused-ring (bicyclic) bond motifs is 1. The monoisotopic (exact) mass is 275 g/mol. The van der Waals surface area contributed by atoms with Crippen LogP contribution in [0.5, 0.6) is 0 Å². The highest BCUT2D eigenvalue weighted by molar-refractivity contribution is 6.21. The van der Waals surface area contributed by atoms with Crippen molar-refractivity contribution in [2.24, 2.45) is 0 Å². The van der Waals surface area contributed by atoms with Gasteiger partial charge in [0, 0.05) is 13.0 Å². The van der Waals surface area contributed by atoms with E-state index < -0.39 is 0 Å². The number of carbonyl (C=O) groups excluding carboxylic acids is 2. The lowest BCUT2D eigenvalue weighted by molar-refractivity contribution is -0.131. The number of benzene rings is 1. The van der Waals surface area contributed by atoms with Crippen LogP contribution in [0.2, 0.25) is 0 Å². The molecular formula is C15H17NO4. The maximum atomic E-state index is 12.2. The molecule has 1 fully saturated rings. The van der Waals surface area contributed by atoms with Crippen LogP contribution >= 0.6 is 0 Å². The second-order valence-electron chi connectivity index (χ2n) is 4.99. The molecule has 1 unspecified atom stereocenters. The van der Waals surface area contributed by atoms with E-state index in [1.54, 1.807) is 24.3 Å². The molecule has 2 aliphatic heterocycles. The zero-order chi connectivity index (χ0) is 14.1. The second-order valence-corrected chi connectivity index (χ2v) is 4.99. The normalized spacial score (nSPS) is 25.4. The Hall–Kier alpha value is -1.72. The van der Waals surface area contributed by atoms with Crippen molar-refractivity contribution < 1.29 is 19.1 Å². The van der Waals surface area contributed by atoms with Gasteiger partial charge in [-0.3, -0.25) is 14.5 Å². The number of hydrogen-bond donors (Lipinski definition) is 0. The van der Waals surface area contributed by atoms with Crippen molar-refractivity contribution in [1.82, 2.24) is 4.90 Å². The Labute approximate surface area is 117 Å². The van der Waals surface area contributed by atoms with E-state index in [0.717, 1.165) is 12.8 Å². The summed E-state index contributed by atoms with van der Waals surface area (Å²) in [6.07, 6.45) is 1.27. The van der Waals surface area contributed by atoms with E-state index >= 15 is 0 Å². The minimum absolute atomic E-state index is 0.131. The Balaban J connectivity index is 1.68. The van der Waals surface area contributed by atoms with Crippen LogP contribution in [-0.4, -0.2) is 42.3 Å². The molecule has 0 bridgehead atoms. The van der Waals surface area contributed by atoms with Crippen LogP contribution in [0.1, 0.15) is 40.5 Å². The quantitative estimate of drug-likeness (QED) is 0.787. The molecule has 0 aliphatic carbocycles. The smallest absolute Gasteiger partial charge is 0.261 e. The fourth-order valence-electron chi connectivity index (χ4n) is 2.72. The van der Waals surface area contributed by atoms with Gasteiger partial charge >= 0.3 is 0 Å². The first-order valence-corrected chi connectivity index (χ1v) is 6.93. The summed E-state index contributed by atoms with van der Waals surface area (Å²) in [5.41, 5.74) is 0.966. The van der Waals surface area contributed by atoms with E-state index in [4.69, 9.17) is 9.47 Å². The summed E-state index contributed by atoms with van der Waals surface area (Å²) < 4.78 is 11.1. The summed E-state index contributed by atoms with van der Waals surface area (Å²) in [7, 11) is 0. The molecule has 0 spiro atoms. The number of nitrogens with zero attached hydrogens (tertiary/aromatic N) is 1. The molecule has 0 radical (unpaired) electrons. The van der Waals surface area contributed by atoms with E-state index in [9.17, 15) is 9.59 Å². The third-order valence-corrected chi connectivity index (χ3v) is 3.69. The van der Waals surface area contributed by atoms with Gasteiger partial charge in [-0.15, -0.1) is 0 Å². The third kappa shape index (κ3) is 2.23. The Morgan fingerprint density at radius 2 is 1.85 bits per heavy atom. The van der Waals surface area contributed by atoms with Crippen LogP contribution in [0.4, 0.5) is 0 Å². The number of carbonyl (C=O) groups is 2. The summed E-state index contributed by atoms with van der Waals surface area (Å²) >= 11 is 0. The molecular weight excluding hydrogens is 258 g/mol. The first kappa shape index (κ1) is 13.3. The van der Waals surface area contributed by atoms with Crippen molar-refractivity contribution in [2.45, 2.75) is 32.2 Å². The van der Waals surface area contributed by atoms with Crippen LogP contribution < -0.4 is 0 Å². The molecule has 1 aromatic rings. The van der Waals surface area contributed by atoms with Crippen molar-refractivity contribution in [3.05, 3.63) is 35.4 Å². The highest BCUT2D eigenvalue weighted by Gasteiger charge is 2.38. The molecule has 3 rings (SSSR count). The molecule has 0 N–H and O–H groups in total. The van der Waals surface area contributed by atoms with Gasteiger partial charge in [-0.2, -0.15) is 0 Å². The predicted octanol–water partition coefficient (Wildman–Crippen LogP) is 1.82. The van der Waals surface area contributed by atoms with Crippen molar-refractivity contribution in [2.75, 3.05) is 13.2 Å². The molecule has 1 aromatic carbocycles. The lowest BCUT2D eigenvalue weighted by atomic mass is 10.1. The summed E-state index contributed by atoms with van der Waals surface area (Å²) in [5.74, 6) is -0.455. The van der Waals surface area contributed by atoms with Gasteiger partial charge in [-0.1, -0.05) is 12.1 Å². The lowest BCUT2D eigenvalue weighted by Gasteiger charge is -2.19. The molecule has 1 saturated heterocycles. The average molecular weight is 275 g/mol. The fraction of sp³-hybridized carbons (Fsp3) is 0.467. The molecule has 2 heterocycles. The van der Waals surface area contributed by atoms with Crippen molar-refractivity contribution >= 4 is 11.8 Å². The second kappa shape index (κ2) is 5.34. The van der Waals surface area contributed by atoms with Crippen LogP contribution in [-0.2, 0) is 9.47 Å². The summed E-state index contributed by atoms with van der Waals surface area (Å²) in [4.78, 5) is 25.7. The van der Waals surface area contributed by atoms with Gasteiger partial charge in [0.25, 0.3) is 11.8 Å². The zero-order valence-corrected chi connectivity index (χ0v) is 11.4. The number of rotatable bonds is 4. The standard InChI is InChI=1S/C15H17NO4/c1-2-19-13-8-7-10(20-13)9-16-14(17)11-5-3-4-6-12(11)15(16)18/h3-6,10,13H,2,7-9H2,1H3/t10?,13-/m0/s1. The third-order valence-electron chi connectivity index (χ3n) is 3.69. The maximum Gasteiger partial charge on any atom is 0.261 e. The minimum Gasteiger partial charge on any atom is -0.353 e. The fourth-order valence-corrected chi connectivity index (χ4v) is 2.72. The van der Waals surface area contributed by atoms with Gasteiger partial charge in [-0.25, -0.2) is 0 Å². The van der Waals surface area contributed by atoms with Crippen molar-refractivity contribution in [3.63, 3.8) is 0 Å². The molecule has 106 valence electrons. The molecule has 20 heavy (non-hydrogen) atoms. The van der Waals surface area contributed by atoms with Crippen LogP contribution in [0.3, 0.4) is 0 Å². The Morgan fingerprint density at radius 1 is 1.20 bits per heavy atom. The Morgan fingerprint density at radius 3 is 2.45 bits per heavy atom. The topological polar surface area (TPSA) is 55.8 Å². The van der Waals surface area contributed by atoms with E-state index in [-0.39, 0.29) is 24.2 Å². The van der Waals surface area contributed by atoms with E-state index in [0.29, 0.717) is 24.3 Å². The molecule has 2 atom stereocenters. The number of ether oxygens (including phenoxy) is 2. The van der Waals surface area contributed by atoms with Gasteiger partial charge < -0.3 is 9.47 Å². The van der Waals surface area contributed by atoms with Crippen molar-refractivity contribution in [1.29, 1.82) is 0 Å². The number of imide groups is 1. The van der Waals surface area contributed by atoms with Crippen LogP contribution in [0, 0.1) is 0 Å². The van der Waals surface area contributed by atoms with Gasteiger partial charge in [0.05, 0.1) is 23.8 Å². The molecule has 2 aliphatic rings. The SMILES string of the molecule is CCO[C@@H]1CCC(CN2C(=O)c3ccccc3C2=O)O1. The molecule has 5 heteroatoms. The van der Waals surface area contributed by atoms with E-state index in [1.165, 1.54) is 4.90 Å². The van der Waals surface area contributed by atoms with Crippen LogP contribution in [0.15, 0.2) is 24.3 Å². The Bertz CT molecular complexity index is 507. The van der Waals surface area contributed by atoms with E-state index in [1.807, 2.05) is 6.92 Å². The van der Waals surface area contributed by atoms with Gasteiger partial charge in [0.15, 0.2) is 6.29 Å². The van der Waals surface area contributed by atoms with E-state index in [2.05, 4.69) is 0 Å². The highest BCUT2D eigenvalue weighted by atomic mass is 16.7. The molecule has 0 aromatic heterocycles. The first-order valence-electron chi connectivity index (χ1n) is 6.93. The molecule has 5 nitrogen and oxygen atoms in total. The largest absolute Gasteiger partial charge is 0.353 e. The summed E-state index contributed by atoms with van der Waals surface area (Å²) in [5, 5.41) is 0. The average Bonchev–Trinajstić information content (AvgIpc) is 2.99. The molecule has 0 saturated carbocycles. The molecule has 2 amide bonds. The summed E-state index contributed by atoms with van der Waals surface area (Å²) in [6, 6.07) is 6.91. The summed E-state index contributed by atoms with van der Waals surface area (Å²) in [6.45, 7) is 2.82. The van der Waals surface area contributed by atoms with Gasteiger partial charge in [-0.05, 0) is 25.5 Å². The minimum atomic E-state index is -0.228. The number of hydrogen-bond acceptors (Lipinski definition) is 4. The number of amides is 2. The predicted molar refractivity (Wildman–Crippen MR) is 71.3 cm³/mol. The van der Waals surface area contributed by atoms with Gasteiger partial charge in [0.1, 0.15) is 0 Å². The van der Waals surface area contributed by atoms with Crippen LogP contribution in [0.25, 0.3) is 0 Å². The lowest BCUT2D eigenvalue weighted by Crippen LogP contribution is -2.37. The van der Waals surface area contributed by atoms with Crippen molar-refractivity contribution in [3.8, 4) is 0 Å².